The molecule has 0 aromatic heterocycles. The molecule has 6 heteroatoms. The van der Waals surface area contributed by atoms with Gasteiger partial charge in [0, 0.05) is 6.07 Å². The molecule has 1 N–H and O–H groups in total. The first kappa shape index (κ1) is 26.2. The minimum Gasteiger partial charge on any atom is -0.507 e. The molecule has 0 amide bonds. The highest BCUT2D eigenvalue weighted by Crippen LogP contribution is 2.25. The van der Waals surface area contributed by atoms with Crippen molar-refractivity contribution in [1.29, 1.82) is 0 Å². The van der Waals surface area contributed by atoms with Crippen molar-refractivity contribution in [2.75, 3.05) is 13.7 Å². The third kappa shape index (κ3) is 9.56. The van der Waals surface area contributed by atoms with Gasteiger partial charge in [-0.05, 0) is 42.8 Å². The van der Waals surface area contributed by atoms with E-state index in [0.717, 1.165) is 6.42 Å². The van der Waals surface area contributed by atoms with Crippen LogP contribution in [0.15, 0.2) is 42.5 Å². The average Bonchev–Trinajstić information content (AvgIpc) is 2.82. The minimum absolute atomic E-state index is 0.00112. The van der Waals surface area contributed by atoms with E-state index in [2.05, 4.69) is 11.7 Å². The van der Waals surface area contributed by atoms with E-state index < -0.39 is 11.9 Å². The maximum Gasteiger partial charge on any atom is 0.343 e. The van der Waals surface area contributed by atoms with Crippen molar-refractivity contribution in [3.8, 4) is 17.2 Å². The molecule has 0 bridgehead atoms. The van der Waals surface area contributed by atoms with Crippen LogP contribution >= 0.6 is 0 Å². The Morgan fingerprint density at radius 3 is 1.91 bits per heavy atom. The Morgan fingerprint density at radius 2 is 1.33 bits per heavy atom. The highest BCUT2D eigenvalue weighted by Gasteiger charge is 2.14. The zero-order valence-electron chi connectivity index (χ0n) is 19.8. The third-order valence-electron chi connectivity index (χ3n) is 5.44. The quantitative estimate of drug-likeness (QED) is 0.182. The maximum absolute atomic E-state index is 12.3. The van der Waals surface area contributed by atoms with E-state index in [0.29, 0.717) is 17.9 Å². The average molecular weight is 457 g/mol. The number of carbonyl (C=O) groups excluding carboxylic acids is 2. The lowest BCUT2D eigenvalue weighted by atomic mass is 10.1. The lowest BCUT2D eigenvalue weighted by Crippen LogP contribution is -2.09. The number of carbonyl (C=O) groups is 2. The summed E-state index contributed by atoms with van der Waals surface area (Å²) in [7, 11) is 1.22. The van der Waals surface area contributed by atoms with E-state index in [1.165, 1.54) is 83.1 Å². The third-order valence-corrected chi connectivity index (χ3v) is 5.44. The van der Waals surface area contributed by atoms with E-state index >= 15 is 0 Å². The fraction of sp³-hybridized carbons (Fsp3) is 0.481. The minimum atomic E-state index is -0.668. The summed E-state index contributed by atoms with van der Waals surface area (Å²) in [6.45, 7) is 2.90. The summed E-state index contributed by atoms with van der Waals surface area (Å²) in [5.74, 6) is -0.711. The van der Waals surface area contributed by atoms with Crippen LogP contribution < -0.4 is 9.47 Å². The molecule has 0 fully saturated rings. The van der Waals surface area contributed by atoms with Crippen LogP contribution in [0.5, 0.6) is 17.2 Å². The number of hydrogen-bond acceptors (Lipinski definition) is 6. The second kappa shape index (κ2) is 14.9. The lowest BCUT2D eigenvalue weighted by molar-refractivity contribution is 0.0597. The highest BCUT2D eigenvalue weighted by atomic mass is 16.5. The van der Waals surface area contributed by atoms with Crippen LogP contribution in [0, 0.1) is 0 Å². The summed E-state index contributed by atoms with van der Waals surface area (Å²) in [5, 5.41) is 9.91. The largest absolute Gasteiger partial charge is 0.507 e. The van der Waals surface area contributed by atoms with Gasteiger partial charge in [-0.25, -0.2) is 9.59 Å². The standard InChI is InChI=1S/C27H36O6/c1-3-4-5-6-7-8-9-10-11-12-19-32-22-15-13-21(14-16-22)26(29)33-23-17-18-24(25(28)20-23)27(30)31-2/h13-18,20,28H,3-12,19H2,1-2H3. The predicted octanol–water partition coefficient (Wildman–Crippen LogP) is 6.70. The van der Waals surface area contributed by atoms with Gasteiger partial charge in [-0.1, -0.05) is 64.7 Å². The molecule has 0 spiro atoms. The van der Waals surface area contributed by atoms with Crippen molar-refractivity contribution in [3.05, 3.63) is 53.6 Å². The van der Waals surface area contributed by atoms with Gasteiger partial charge in [0.15, 0.2) is 0 Å². The molecule has 0 saturated heterocycles. The fourth-order valence-corrected chi connectivity index (χ4v) is 3.49. The summed E-state index contributed by atoms with van der Waals surface area (Å²) in [6, 6.07) is 10.7. The van der Waals surface area contributed by atoms with Crippen LogP contribution in [0.2, 0.25) is 0 Å². The molecular formula is C27H36O6. The van der Waals surface area contributed by atoms with Crippen LogP contribution in [0.1, 0.15) is 91.8 Å². The summed E-state index contributed by atoms with van der Waals surface area (Å²) < 4.78 is 15.6. The van der Waals surface area contributed by atoms with E-state index in [9.17, 15) is 14.7 Å². The number of aromatic hydroxyl groups is 1. The second-order valence-corrected chi connectivity index (χ2v) is 8.11. The topological polar surface area (TPSA) is 82.1 Å². The number of rotatable bonds is 15. The van der Waals surface area contributed by atoms with E-state index in [4.69, 9.17) is 9.47 Å². The zero-order valence-corrected chi connectivity index (χ0v) is 19.8. The van der Waals surface area contributed by atoms with Crippen LogP contribution in [0.3, 0.4) is 0 Å². The molecule has 0 unspecified atom stereocenters. The Hall–Kier alpha value is -3.02. The molecular weight excluding hydrogens is 420 g/mol. The Balaban J connectivity index is 1.66. The fourth-order valence-electron chi connectivity index (χ4n) is 3.49. The predicted molar refractivity (Wildman–Crippen MR) is 128 cm³/mol. The van der Waals surface area contributed by atoms with Crippen molar-refractivity contribution >= 4 is 11.9 Å². The number of unbranched alkanes of at least 4 members (excludes halogenated alkanes) is 9. The summed E-state index contributed by atoms with van der Waals surface area (Å²) >= 11 is 0. The molecule has 0 heterocycles. The van der Waals surface area contributed by atoms with Gasteiger partial charge in [0.1, 0.15) is 22.8 Å². The normalized spacial score (nSPS) is 10.6. The first-order valence-corrected chi connectivity index (χ1v) is 11.9. The molecule has 2 aromatic carbocycles. The van der Waals surface area contributed by atoms with Crippen LogP contribution in [0.25, 0.3) is 0 Å². The van der Waals surface area contributed by atoms with Gasteiger partial charge in [-0.2, -0.15) is 0 Å². The Kier molecular flexibility index (Phi) is 11.9. The molecule has 2 aromatic rings. The Labute approximate surface area is 196 Å². The molecule has 33 heavy (non-hydrogen) atoms. The summed E-state index contributed by atoms with van der Waals surface area (Å²) in [5.41, 5.74) is 0.360. The monoisotopic (exact) mass is 456 g/mol. The van der Waals surface area contributed by atoms with Crippen molar-refractivity contribution < 1.29 is 28.9 Å². The number of phenols is 1. The van der Waals surface area contributed by atoms with Crippen LogP contribution in [-0.2, 0) is 4.74 Å². The number of phenolic OH excluding ortho intramolecular Hbond substituents is 1. The maximum atomic E-state index is 12.3. The van der Waals surface area contributed by atoms with Crippen LogP contribution in [-0.4, -0.2) is 30.8 Å². The number of ether oxygens (including phenoxy) is 3. The van der Waals surface area contributed by atoms with E-state index in [-0.39, 0.29) is 17.1 Å². The molecule has 2 rings (SSSR count). The molecule has 0 radical (unpaired) electrons. The first-order valence-electron chi connectivity index (χ1n) is 11.9. The number of methoxy groups -OCH3 is 1. The molecule has 0 aliphatic carbocycles. The molecule has 0 aliphatic rings. The molecule has 0 saturated carbocycles. The van der Waals surface area contributed by atoms with Gasteiger partial charge in [0.05, 0.1) is 19.3 Å². The van der Waals surface area contributed by atoms with Crippen molar-refractivity contribution in [3.63, 3.8) is 0 Å². The highest BCUT2D eigenvalue weighted by molar-refractivity contribution is 5.93. The van der Waals surface area contributed by atoms with Gasteiger partial charge in [-0.15, -0.1) is 0 Å². The Bertz CT molecular complexity index is 859. The molecule has 6 nitrogen and oxygen atoms in total. The smallest absolute Gasteiger partial charge is 0.343 e. The van der Waals surface area contributed by atoms with Crippen molar-refractivity contribution in [2.45, 2.75) is 71.1 Å². The molecule has 0 atom stereocenters. The van der Waals surface area contributed by atoms with Gasteiger partial charge in [0.2, 0.25) is 0 Å². The van der Waals surface area contributed by atoms with E-state index in [1.54, 1.807) is 24.3 Å². The summed E-state index contributed by atoms with van der Waals surface area (Å²) in [6.07, 6.45) is 12.8. The molecule has 0 aliphatic heterocycles. The number of esters is 2. The van der Waals surface area contributed by atoms with Gasteiger partial charge >= 0.3 is 11.9 Å². The van der Waals surface area contributed by atoms with Gasteiger partial charge in [-0.3, -0.25) is 0 Å². The van der Waals surface area contributed by atoms with Gasteiger partial charge < -0.3 is 19.3 Å². The van der Waals surface area contributed by atoms with E-state index in [1.807, 2.05) is 0 Å². The summed E-state index contributed by atoms with van der Waals surface area (Å²) in [4.78, 5) is 23.8. The molecule has 180 valence electrons. The Morgan fingerprint density at radius 1 is 0.758 bits per heavy atom. The van der Waals surface area contributed by atoms with Crippen molar-refractivity contribution in [2.24, 2.45) is 0 Å². The number of hydrogen-bond donors (Lipinski definition) is 1. The SMILES string of the molecule is CCCCCCCCCCCCOc1ccc(C(=O)Oc2ccc(C(=O)OC)c(O)c2)cc1. The number of benzene rings is 2. The first-order chi connectivity index (χ1) is 16.0. The van der Waals surface area contributed by atoms with Crippen LogP contribution in [0.4, 0.5) is 0 Å². The second-order valence-electron chi connectivity index (χ2n) is 8.11. The van der Waals surface area contributed by atoms with Gasteiger partial charge in [0.25, 0.3) is 0 Å². The zero-order chi connectivity index (χ0) is 23.9. The lowest BCUT2D eigenvalue weighted by Gasteiger charge is -2.09. The van der Waals surface area contributed by atoms with Crippen molar-refractivity contribution in [1.82, 2.24) is 0 Å².